The Morgan fingerprint density at radius 2 is 0.659 bits per heavy atom. The van der Waals surface area contributed by atoms with E-state index in [9.17, 15) is 0 Å². The highest BCUT2D eigenvalue weighted by Crippen LogP contribution is 2.35. The molecule has 4 heteroatoms. The van der Waals surface area contributed by atoms with Gasteiger partial charge in [0.25, 0.3) is 0 Å². The van der Waals surface area contributed by atoms with E-state index in [1.165, 1.54) is 44.6 Å². The van der Waals surface area contributed by atoms with Crippen molar-refractivity contribution in [1.82, 2.24) is 0 Å². The molecule has 0 unspecified atom stereocenters. The standard InChI is InChI=1S/2C22H24N.C22H32N.C21H22N/c2*1-15-12-22(23(5)14-18(15)4)21-13-20(16(2)11-17(21)3)19-9-7-6-8-10-19;1-15(2)10-19-13-22(21-9-8-17(5)12-18(21)6)23(7)14-20(19)11-16(3)4;1-15-10-11-21(22(4)14-15)20-13-19(16(2)12-17(20)3)18-8-6-5-7-9-18/h2*6-14H,1-5H3;8-9,12-16H,10-11H2,1-7H3;5-14H,1-4H3/q4*+1/i2D3,4D3;;5D3,10D2,11D2;1D3,2D3. The van der Waals surface area contributed by atoms with Crippen LogP contribution in [0.5, 0.6) is 0 Å². The Kier molecular flexibility index (Phi) is 15.4. The molecule has 11 aromatic rings. The zero-order chi connectivity index (χ0) is 82.0. The van der Waals surface area contributed by atoms with Crippen LogP contribution in [0.4, 0.5) is 0 Å². The lowest BCUT2D eigenvalue weighted by Gasteiger charge is -2.15. The Morgan fingerprint density at radius 3 is 1.11 bits per heavy atom. The molecular weight excluding hydrogens is 1100 g/mol. The first-order valence-corrected chi connectivity index (χ1v) is 31.1. The van der Waals surface area contributed by atoms with E-state index in [4.69, 9.17) is 26.0 Å². The number of nitrogens with zero attached hydrogens (tertiary/aromatic N) is 4. The summed E-state index contributed by atoms with van der Waals surface area (Å²) in [4.78, 5) is 0. The predicted molar refractivity (Wildman–Crippen MR) is 387 cm³/mol. The van der Waals surface area contributed by atoms with Gasteiger partial charge in [0.05, 0.1) is 0 Å². The lowest BCUT2D eigenvalue weighted by atomic mass is 9.92. The fourth-order valence-corrected chi connectivity index (χ4v) is 11.5. The second-order valence-corrected chi connectivity index (χ2v) is 24.6. The molecule has 7 aromatic carbocycles. The second-order valence-electron chi connectivity index (χ2n) is 24.6. The van der Waals surface area contributed by atoms with Crippen molar-refractivity contribution in [3.63, 3.8) is 0 Å². The van der Waals surface area contributed by atoms with E-state index in [-0.39, 0.29) is 23.0 Å². The van der Waals surface area contributed by atoms with Crippen LogP contribution in [0, 0.1) is 101 Å². The number of pyridine rings is 4. The zero-order valence-electron chi connectivity index (χ0n) is 75.0. The Morgan fingerprint density at radius 1 is 0.286 bits per heavy atom. The number of hydrogen-bond donors (Lipinski definition) is 0. The minimum absolute atomic E-state index is 0.261. The first kappa shape index (κ1) is 46.2. The van der Waals surface area contributed by atoms with Crippen LogP contribution in [0.15, 0.2) is 201 Å². The maximum absolute atomic E-state index is 8.70. The highest BCUT2D eigenvalue weighted by molar-refractivity contribution is 5.78. The second kappa shape index (κ2) is 30.3. The van der Waals surface area contributed by atoms with Crippen molar-refractivity contribution in [3.8, 4) is 78.4 Å². The molecule has 0 aliphatic carbocycles. The largest absolute Gasteiger partial charge is 0.212 e. The highest BCUT2D eigenvalue weighted by atomic mass is 14.9. The van der Waals surface area contributed by atoms with Crippen LogP contribution >= 0.6 is 0 Å². The van der Waals surface area contributed by atoms with Crippen LogP contribution in [0.2, 0.25) is 0 Å². The molecule has 0 saturated carbocycles. The molecule has 0 atom stereocenters. The summed E-state index contributed by atoms with van der Waals surface area (Å²) in [5.74, 6) is -0.677. The van der Waals surface area contributed by atoms with Gasteiger partial charge in [0, 0.05) is 94.8 Å². The topological polar surface area (TPSA) is 15.5 Å². The Labute approximate surface area is 575 Å². The van der Waals surface area contributed by atoms with E-state index >= 15 is 0 Å². The minimum atomic E-state index is -2.24. The normalized spacial score (nSPS) is 15.1. The van der Waals surface area contributed by atoms with Gasteiger partial charge >= 0.3 is 0 Å². The van der Waals surface area contributed by atoms with Gasteiger partial charge in [-0.3, -0.25) is 0 Å². The van der Waals surface area contributed by atoms with Crippen LogP contribution in [0.3, 0.4) is 0 Å². The first-order valence-electron chi connectivity index (χ1n) is 40.6. The number of benzene rings is 7. The summed E-state index contributed by atoms with van der Waals surface area (Å²) in [7, 11) is 7.54. The van der Waals surface area contributed by atoms with Gasteiger partial charge in [-0.05, 0) is 234 Å². The Balaban J connectivity index is 0.000000185. The molecule has 0 saturated heterocycles. The molecule has 0 aliphatic heterocycles. The minimum Gasteiger partial charge on any atom is -0.201 e. The zero-order valence-corrected chi connectivity index (χ0v) is 56.0. The van der Waals surface area contributed by atoms with Gasteiger partial charge in [-0.25, -0.2) is 18.3 Å². The third-order valence-corrected chi connectivity index (χ3v) is 16.4. The van der Waals surface area contributed by atoms with Gasteiger partial charge in [0.15, 0.2) is 24.8 Å². The quantitative estimate of drug-likeness (QED) is 0.115. The summed E-state index contributed by atoms with van der Waals surface area (Å²) in [5, 5.41) is 0. The number of aryl methyl sites for hydroxylation is 17. The molecule has 11 rings (SSSR count). The summed E-state index contributed by atoms with van der Waals surface area (Å²) in [6.07, 6.45) is 3.70. The third-order valence-electron chi connectivity index (χ3n) is 16.4. The lowest BCUT2D eigenvalue weighted by Crippen LogP contribution is -2.32. The van der Waals surface area contributed by atoms with Crippen molar-refractivity contribution in [2.24, 2.45) is 40.0 Å². The summed E-state index contributed by atoms with van der Waals surface area (Å²) in [6.45, 7) is 12.3. The van der Waals surface area contributed by atoms with Crippen molar-refractivity contribution in [1.29, 1.82) is 0 Å². The molecule has 0 amide bonds. The third kappa shape index (κ3) is 17.0. The molecule has 0 aliphatic rings. The molecule has 0 spiro atoms. The van der Waals surface area contributed by atoms with Crippen molar-refractivity contribution in [3.05, 3.63) is 284 Å². The van der Waals surface area contributed by atoms with Crippen LogP contribution in [-0.2, 0) is 40.9 Å². The summed E-state index contributed by atoms with van der Waals surface area (Å²) >= 11 is 0. The Bertz CT molecular complexity index is 5130. The molecule has 0 bridgehead atoms. The number of hydrogen-bond acceptors (Lipinski definition) is 0. The van der Waals surface area contributed by atoms with Crippen molar-refractivity contribution >= 4 is 0 Å². The van der Waals surface area contributed by atoms with E-state index in [0.717, 1.165) is 55.9 Å². The summed E-state index contributed by atoms with van der Waals surface area (Å²) in [5.41, 5.74) is 23.6. The van der Waals surface area contributed by atoms with Crippen molar-refractivity contribution in [2.75, 3.05) is 0 Å². The monoisotopic (exact) mass is 1220 g/mol. The lowest BCUT2D eigenvalue weighted by molar-refractivity contribution is -0.661. The Hall–Kier alpha value is -8.86. The molecule has 4 nitrogen and oxygen atoms in total. The smallest absolute Gasteiger partial charge is 0.201 e. The van der Waals surface area contributed by atoms with Crippen LogP contribution in [0.25, 0.3) is 78.4 Å². The number of rotatable bonds is 11. The fourth-order valence-electron chi connectivity index (χ4n) is 11.5. The van der Waals surface area contributed by atoms with Gasteiger partial charge in [0.2, 0.25) is 22.8 Å². The van der Waals surface area contributed by atoms with Crippen LogP contribution in [-0.4, -0.2) is 0 Å². The van der Waals surface area contributed by atoms with E-state index in [1.807, 2.05) is 107 Å². The number of aromatic nitrogens is 4. The van der Waals surface area contributed by atoms with Gasteiger partial charge in [0.1, 0.15) is 28.2 Å². The predicted octanol–water partition coefficient (Wildman–Crippen LogP) is 20.1. The van der Waals surface area contributed by atoms with Crippen molar-refractivity contribution < 1.29 is 44.3 Å². The molecular formula is C87H102N4+4. The first-order chi connectivity index (χ1) is 50.8. The summed E-state index contributed by atoms with van der Waals surface area (Å²) in [6, 6.07) is 55.6. The van der Waals surface area contributed by atoms with Crippen LogP contribution in [0.1, 0.15) is 137 Å². The van der Waals surface area contributed by atoms with E-state index < -0.39 is 47.0 Å². The fraction of sp³-hybridized carbons (Fsp3) is 0.287. The highest BCUT2D eigenvalue weighted by Gasteiger charge is 2.22. The maximum atomic E-state index is 8.70. The van der Waals surface area contributed by atoms with E-state index in [2.05, 4.69) is 94.0 Å². The SMILES string of the molecule is Cc1cc(-c2cc(-c3ccccc3)c(C)cc2C)[n+](C)cc1C.[2H]C([2H])([2H])c1c[n+](C)c(-c2cc(-c3ccccc3)c(C([2H])([2H])[2H])cc2C)cc1C.[2H]C([2H])([2H])c1ccc(-c2cc(-c3ccccc3)c(C([2H])([2H])[2H])cc2C)[n+](C)c1.[2H]C([2H])([2H])c1ccc(-c2cc(C([2H])([2H])C(C)C)c(C([2H])([2H])C(C)C)c[n+]2C)c(C)c1. The summed E-state index contributed by atoms with van der Waals surface area (Å²) < 4.78 is 159. The molecule has 4 heterocycles. The molecule has 4 aromatic heterocycles. The van der Waals surface area contributed by atoms with Gasteiger partial charge in [-0.1, -0.05) is 155 Å². The van der Waals surface area contributed by atoms with Crippen LogP contribution < -0.4 is 18.3 Å². The van der Waals surface area contributed by atoms with E-state index in [0.29, 0.717) is 50.2 Å². The molecule has 0 N–H and O–H groups in total. The molecule has 466 valence electrons. The van der Waals surface area contributed by atoms with Crippen molar-refractivity contribution in [2.45, 2.75) is 130 Å². The van der Waals surface area contributed by atoms with Gasteiger partial charge in [-0.15, -0.1) is 0 Å². The average Bonchev–Trinajstić information content (AvgIpc) is 0.763. The van der Waals surface area contributed by atoms with Gasteiger partial charge < -0.3 is 0 Å². The van der Waals surface area contributed by atoms with E-state index in [1.54, 1.807) is 130 Å². The average molecular weight is 1220 g/mol. The van der Waals surface area contributed by atoms with Gasteiger partial charge in [-0.2, -0.15) is 0 Å². The molecule has 0 radical (unpaired) electrons. The maximum Gasteiger partial charge on any atom is 0.212 e. The molecule has 0 fully saturated rings. The molecule has 91 heavy (non-hydrogen) atoms.